The van der Waals surface area contributed by atoms with E-state index in [1.807, 2.05) is 12.1 Å². The summed E-state index contributed by atoms with van der Waals surface area (Å²) in [4.78, 5) is 40.5. The number of piperidine rings is 1. The van der Waals surface area contributed by atoms with Crippen LogP contribution in [-0.2, 0) is 22.7 Å². The monoisotopic (exact) mass is 382 g/mol. The lowest BCUT2D eigenvalue weighted by Crippen LogP contribution is -2.55. The Bertz CT molecular complexity index is 839. The summed E-state index contributed by atoms with van der Waals surface area (Å²) in [6.07, 6.45) is 3.16. The second-order valence-electron chi connectivity index (χ2n) is 8.48. The lowest BCUT2D eigenvalue weighted by atomic mass is 9.84. The predicted molar refractivity (Wildman–Crippen MR) is 102 cm³/mol. The Morgan fingerprint density at radius 3 is 2.79 bits per heavy atom. The molecule has 2 N–H and O–H groups in total. The van der Waals surface area contributed by atoms with Gasteiger partial charge in [0.2, 0.25) is 11.8 Å². The van der Waals surface area contributed by atoms with Crippen LogP contribution in [0.4, 0.5) is 0 Å². The Balaban J connectivity index is 1.28. The summed E-state index contributed by atoms with van der Waals surface area (Å²) < 4.78 is 0. The standard InChI is InChI=1S/C21H26N4O3/c26-19-4-3-18(20(27)23-19)25-12-15-9-13(1-2-16(15)21(25)28)10-24-11-14-5-7-22-8-6-17(14)24/h1-2,9,14,17-18,22H,3-8,10-12H2,(H,23,26,27)/t14-,17-,18?/m1/s1. The number of nitrogens with zero attached hydrogens (tertiary/aromatic N) is 2. The molecule has 148 valence electrons. The maximum atomic E-state index is 12.8. The van der Waals surface area contributed by atoms with Crippen molar-refractivity contribution in [1.29, 1.82) is 0 Å². The fourth-order valence-corrected chi connectivity index (χ4v) is 5.23. The van der Waals surface area contributed by atoms with Crippen molar-refractivity contribution in [3.63, 3.8) is 0 Å². The summed E-state index contributed by atoms with van der Waals surface area (Å²) in [5, 5.41) is 5.84. The number of amides is 3. The Morgan fingerprint density at radius 1 is 1.07 bits per heavy atom. The van der Waals surface area contributed by atoms with E-state index >= 15 is 0 Å². The van der Waals surface area contributed by atoms with Crippen molar-refractivity contribution in [1.82, 2.24) is 20.4 Å². The van der Waals surface area contributed by atoms with Crippen LogP contribution in [-0.4, -0.2) is 59.2 Å². The highest BCUT2D eigenvalue weighted by atomic mass is 16.2. The largest absolute Gasteiger partial charge is 0.322 e. The maximum absolute atomic E-state index is 12.8. The number of carbonyl (C=O) groups excluding carboxylic acids is 3. The molecule has 4 heterocycles. The van der Waals surface area contributed by atoms with Gasteiger partial charge >= 0.3 is 0 Å². The van der Waals surface area contributed by atoms with E-state index in [0.29, 0.717) is 24.6 Å². The first-order valence-electron chi connectivity index (χ1n) is 10.3. The van der Waals surface area contributed by atoms with Crippen LogP contribution < -0.4 is 10.6 Å². The van der Waals surface area contributed by atoms with Gasteiger partial charge in [-0.25, -0.2) is 0 Å². The molecule has 3 fully saturated rings. The van der Waals surface area contributed by atoms with Gasteiger partial charge in [-0.05, 0) is 55.5 Å². The summed E-state index contributed by atoms with van der Waals surface area (Å²) in [7, 11) is 0. The second kappa shape index (κ2) is 6.97. The van der Waals surface area contributed by atoms with Crippen LogP contribution >= 0.6 is 0 Å². The minimum absolute atomic E-state index is 0.102. The van der Waals surface area contributed by atoms with Crippen LogP contribution in [0.1, 0.15) is 47.2 Å². The first-order valence-corrected chi connectivity index (χ1v) is 10.3. The van der Waals surface area contributed by atoms with Crippen molar-refractivity contribution in [2.75, 3.05) is 19.6 Å². The van der Waals surface area contributed by atoms with Crippen LogP contribution in [0.3, 0.4) is 0 Å². The number of carbonyl (C=O) groups is 3. The first kappa shape index (κ1) is 17.8. The zero-order chi connectivity index (χ0) is 19.3. The topological polar surface area (TPSA) is 81.8 Å². The second-order valence-corrected chi connectivity index (χ2v) is 8.48. The quantitative estimate of drug-likeness (QED) is 0.750. The summed E-state index contributed by atoms with van der Waals surface area (Å²) in [5.74, 6) is 0.101. The van der Waals surface area contributed by atoms with Gasteiger partial charge in [-0.15, -0.1) is 0 Å². The fourth-order valence-electron chi connectivity index (χ4n) is 5.23. The molecule has 3 saturated heterocycles. The SMILES string of the molecule is O=C1CCC(N2Cc3cc(CN4C[C@H]5CCNCC[C@H]54)ccc3C2=O)C(=O)N1. The van der Waals surface area contributed by atoms with Gasteiger partial charge in [-0.3, -0.25) is 24.6 Å². The number of benzene rings is 1. The molecule has 7 nitrogen and oxygen atoms in total. The third-order valence-electron chi connectivity index (χ3n) is 6.76. The Labute approximate surface area is 164 Å². The molecule has 0 bridgehead atoms. The molecule has 4 aliphatic rings. The molecule has 3 atom stereocenters. The molecule has 1 aromatic carbocycles. The zero-order valence-corrected chi connectivity index (χ0v) is 15.9. The van der Waals surface area contributed by atoms with E-state index < -0.39 is 6.04 Å². The third-order valence-corrected chi connectivity index (χ3v) is 6.76. The number of fused-ring (bicyclic) bond motifs is 2. The van der Waals surface area contributed by atoms with Gasteiger partial charge in [0, 0.05) is 37.7 Å². The number of nitrogens with one attached hydrogen (secondary N) is 2. The van der Waals surface area contributed by atoms with Gasteiger partial charge in [0.25, 0.3) is 5.91 Å². The van der Waals surface area contributed by atoms with Gasteiger partial charge in [0.15, 0.2) is 0 Å². The van der Waals surface area contributed by atoms with E-state index in [2.05, 4.69) is 21.6 Å². The third kappa shape index (κ3) is 3.02. The molecule has 0 radical (unpaired) electrons. The van der Waals surface area contributed by atoms with Gasteiger partial charge < -0.3 is 10.2 Å². The van der Waals surface area contributed by atoms with Crippen LogP contribution in [0.25, 0.3) is 0 Å². The lowest BCUT2D eigenvalue weighted by Gasteiger charge is -2.47. The summed E-state index contributed by atoms with van der Waals surface area (Å²) in [6, 6.07) is 6.21. The molecule has 5 rings (SSSR count). The highest BCUT2D eigenvalue weighted by Gasteiger charge is 2.40. The van der Waals surface area contributed by atoms with Crippen molar-refractivity contribution in [3.05, 3.63) is 34.9 Å². The Kier molecular flexibility index (Phi) is 4.44. The molecular weight excluding hydrogens is 356 g/mol. The molecule has 0 spiro atoms. The average Bonchev–Trinajstić information content (AvgIpc) is 2.85. The van der Waals surface area contributed by atoms with E-state index in [-0.39, 0.29) is 24.1 Å². The molecule has 0 aromatic heterocycles. The van der Waals surface area contributed by atoms with Crippen LogP contribution in [0.5, 0.6) is 0 Å². The van der Waals surface area contributed by atoms with E-state index in [0.717, 1.165) is 37.7 Å². The molecule has 1 unspecified atom stereocenters. The minimum atomic E-state index is -0.546. The minimum Gasteiger partial charge on any atom is -0.322 e. The summed E-state index contributed by atoms with van der Waals surface area (Å²) in [6.45, 7) is 4.75. The number of hydrogen-bond acceptors (Lipinski definition) is 5. The summed E-state index contributed by atoms with van der Waals surface area (Å²) >= 11 is 0. The van der Waals surface area contributed by atoms with Crippen LogP contribution in [0.15, 0.2) is 18.2 Å². The lowest BCUT2D eigenvalue weighted by molar-refractivity contribution is -0.136. The molecular formula is C21H26N4O3. The van der Waals surface area contributed by atoms with Crippen molar-refractivity contribution in [2.24, 2.45) is 5.92 Å². The average molecular weight is 382 g/mol. The molecule has 4 aliphatic heterocycles. The maximum Gasteiger partial charge on any atom is 0.255 e. The zero-order valence-electron chi connectivity index (χ0n) is 15.9. The number of likely N-dealkylation sites (tertiary alicyclic amines) is 1. The van der Waals surface area contributed by atoms with Crippen molar-refractivity contribution in [2.45, 2.75) is 50.9 Å². The van der Waals surface area contributed by atoms with Crippen molar-refractivity contribution >= 4 is 17.7 Å². The molecule has 7 heteroatoms. The molecule has 3 amide bonds. The smallest absolute Gasteiger partial charge is 0.255 e. The van der Waals surface area contributed by atoms with Crippen molar-refractivity contribution < 1.29 is 14.4 Å². The molecule has 0 aliphatic carbocycles. The molecule has 28 heavy (non-hydrogen) atoms. The Morgan fingerprint density at radius 2 is 1.93 bits per heavy atom. The van der Waals surface area contributed by atoms with Gasteiger partial charge in [-0.2, -0.15) is 0 Å². The van der Waals surface area contributed by atoms with Crippen LogP contribution in [0.2, 0.25) is 0 Å². The molecule has 0 saturated carbocycles. The van der Waals surface area contributed by atoms with Gasteiger partial charge in [-0.1, -0.05) is 12.1 Å². The number of hydrogen-bond donors (Lipinski definition) is 2. The van der Waals surface area contributed by atoms with Crippen LogP contribution in [0, 0.1) is 5.92 Å². The van der Waals surface area contributed by atoms with E-state index in [1.165, 1.54) is 18.4 Å². The van der Waals surface area contributed by atoms with Crippen molar-refractivity contribution in [3.8, 4) is 0 Å². The fraction of sp³-hybridized carbons (Fsp3) is 0.571. The van der Waals surface area contributed by atoms with E-state index in [4.69, 9.17) is 0 Å². The highest BCUT2D eigenvalue weighted by Crippen LogP contribution is 2.34. The Hall–Kier alpha value is -2.25. The first-order chi connectivity index (χ1) is 13.6. The van der Waals surface area contributed by atoms with E-state index in [1.54, 1.807) is 4.90 Å². The highest BCUT2D eigenvalue weighted by molar-refractivity contribution is 6.05. The molecule has 1 aromatic rings. The van der Waals surface area contributed by atoms with Gasteiger partial charge in [0.1, 0.15) is 6.04 Å². The normalized spacial score (nSPS) is 30.4. The summed E-state index contributed by atoms with van der Waals surface area (Å²) in [5.41, 5.74) is 2.91. The van der Waals surface area contributed by atoms with Gasteiger partial charge in [0.05, 0.1) is 0 Å². The van der Waals surface area contributed by atoms with E-state index in [9.17, 15) is 14.4 Å². The number of imide groups is 1. The predicted octanol–water partition coefficient (Wildman–Crippen LogP) is 0.631. The number of rotatable bonds is 3.